The van der Waals surface area contributed by atoms with Crippen molar-refractivity contribution in [2.45, 2.75) is 13.1 Å². The minimum absolute atomic E-state index is 0.127. The number of amides is 2. The van der Waals surface area contributed by atoms with Crippen LogP contribution in [0, 0.1) is 0 Å². The third kappa shape index (κ3) is 3.86. The Morgan fingerprint density at radius 2 is 2.00 bits per heavy atom. The zero-order valence-electron chi connectivity index (χ0n) is 15.4. The Morgan fingerprint density at radius 3 is 2.72 bits per heavy atom. The number of hydrogen-bond acceptors (Lipinski definition) is 5. The van der Waals surface area contributed by atoms with E-state index in [-0.39, 0.29) is 12.0 Å². The van der Waals surface area contributed by atoms with Crippen LogP contribution in [0.1, 0.15) is 11.3 Å². The highest BCUT2D eigenvalue weighted by Crippen LogP contribution is 2.39. The van der Waals surface area contributed by atoms with Crippen LogP contribution in [0.3, 0.4) is 0 Å². The Balaban J connectivity index is 1.68. The van der Waals surface area contributed by atoms with Crippen molar-refractivity contribution in [1.82, 2.24) is 14.9 Å². The molecule has 0 aliphatic carbocycles. The number of anilines is 2. The van der Waals surface area contributed by atoms with Crippen molar-refractivity contribution in [1.29, 1.82) is 0 Å². The number of halogens is 2. The van der Waals surface area contributed by atoms with Gasteiger partial charge >= 0.3 is 6.03 Å². The molecule has 2 heterocycles. The van der Waals surface area contributed by atoms with Gasteiger partial charge in [-0.15, -0.1) is 0 Å². The molecule has 0 bridgehead atoms. The SMILES string of the molecule is COc1cc(-c2nc(N)nc3c2CN(C(=O)Nc2ccccc2)C3)c(Cl)cc1Br. The molecular weight excluding hydrogens is 458 g/mol. The van der Waals surface area contributed by atoms with Gasteiger partial charge in [0, 0.05) is 16.8 Å². The summed E-state index contributed by atoms with van der Waals surface area (Å²) in [7, 11) is 1.58. The first-order chi connectivity index (χ1) is 14.0. The summed E-state index contributed by atoms with van der Waals surface area (Å²) in [5, 5.41) is 3.38. The molecule has 148 valence electrons. The number of carbonyl (C=O) groups is 1. The molecule has 0 spiro atoms. The fourth-order valence-electron chi connectivity index (χ4n) is 3.23. The summed E-state index contributed by atoms with van der Waals surface area (Å²) in [5.74, 6) is 0.744. The van der Waals surface area contributed by atoms with E-state index in [1.54, 1.807) is 24.1 Å². The molecule has 2 amide bonds. The Hall–Kier alpha value is -2.84. The third-order valence-electron chi connectivity index (χ3n) is 4.61. The van der Waals surface area contributed by atoms with Crippen molar-refractivity contribution in [3.8, 4) is 17.0 Å². The predicted molar refractivity (Wildman–Crippen MR) is 116 cm³/mol. The normalized spacial score (nSPS) is 12.6. The van der Waals surface area contributed by atoms with Crippen LogP contribution in [0.25, 0.3) is 11.3 Å². The predicted octanol–water partition coefficient (Wildman–Crippen LogP) is 4.70. The fourth-order valence-corrected chi connectivity index (χ4v) is 4.12. The highest BCUT2D eigenvalue weighted by atomic mass is 79.9. The topological polar surface area (TPSA) is 93.4 Å². The van der Waals surface area contributed by atoms with Crippen LogP contribution in [0.15, 0.2) is 46.9 Å². The number of carbonyl (C=O) groups excluding carboxylic acids is 1. The lowest BCUT2D eigenvalue weighted by molar-refractivity contribution is 0.212. The molecule has 0 radical (unpaired) electrons. The number of fused-ring (bicyclic) bond motifs is 1. The van der Waals surface area contributed by atoms with Gasteiger partial charge in [-0.3, -0.25) is 0 Å². The van der Waals surface area contributed by atoms with Crippen LogP contribution < -0.4 is 15.8 Å². The number of nitrogens with two attached hydrogens (primary N) is 1. The minimum atomic E-state index is -0.224. The molecule has 29 heavy (non-hydrogen) atoms. The number of urea groups is 1. The van der Waals surface area contributed by atoms with E-state index < -0.39 is 0 Å². The Morgan fingerprint density at radius 1 is 1.24 bits per heavy atom. The van der Waals surface area contributed by atoms with Crippen LogP contribution in [-0.4, -0.2) is 28.0 Å². The molecule has 4 rings (SSSR count). The third-order valence-corrected chi connectivity index (χ3v) is 5.54. The molecule has 0 saturated heterocycles. The summed E-state index contributed by atoms with van der Waals surface area (Å²) < 4.78 is 6.12. The zero-order valence-corrected chi connectivity index (χ0v) is 17.8. The van der Waals surface area contributed by atoms with E-state index in [2.05, 4.69) is 31.2 Å². The molecule has 2 aromatic carbocycles. The Labute approximate surface area is 181 Å². The molecule has 0 atom stereocenters. The number of aromatic nitrogens is 2. The number of rotatable bonds is 3. The van der Waals surface area contributed by atoms with Crippen molar-refractivity contribution >= 4 is 45.2 Å². The van der Waals surface area contributed by atoms with Gasteiger partial charge in [-0.2, -0.15) is 0 Å². The van der Waals surface area contributed by atoms with Crippen LogP contribution >= 0.6 is 27.5 Å². The first-order valence-electron chi connectivity index (χ1n) is 8.76. The molecular formula is C20H17BrClN5O2. The summed E-state index contributed by atoms with van der Waals surface area (Å²) in [6.45, 7) is 0.678. The maximum absolute atomic E-state index is 12.7. The van der Waals surface area contributed by atoms with E-state index in [0.29, 0.717) is 40.8 Å². The summed E-state index contributed by atoms with van der Waals surface area (Å²) in [6.07, 6.45) is 0. The quantitative estimate of drug-likeness (QED) is 0.574. The second-order valence-corrected chi connectivity index (χ2v) is 7.74. The maximum atomic E-state index is 12.7. The standard InChI is InChI=1S/C20H17BrClN5O2/c1-29-17-7-12(15(22)8-14(17)21)18-13-9-27(10-16(13)25-19(23)26-18)20(28)24-11-5-3-2-4-6-11/h2-8H,9-10H2,1H3,(H,24,28)(H2,23,25,26). The van der Waals surface area contributed by atoms with Crippen LogP contribution in [0.4, 0.5) is 16.4 Å². The van der Waals surface area contributed by atoms with Gasteiger partial charge in [0.2, 0.25) is 5.95 Å². The molecule has 0 fully saturated rings. The van der Waals surface area contributed by atoms with Crippen LogP contribution in [0.2, 0.25) is 5.02 Å². The van der Waals surface area contributed by atoms with E-state index in [1.165, 1.54) is 0 Å². The molecule has 1 aliphatic rings. The second-order valence-electron chi connectivity index (χ2n) is 6.47. The van der Waals surface area contributed by atoms with E-state index >= 15 is 0 Å². The zero-order chi connectivity index (χ0) is 20.5. The second kappa shape index (κ2) is 7.88. The number of nitrogens with zero attached hydrogens (tertiary/aromatic N) is 3. The van der Waals surface area contributed by atoms with Gasteiger partial charge in [0.1, 0.15) is 5.75 Å². The number of hydrogen-bond donors (Lipinski definition) is 2. The van der Waals surface area contributed by atoms with E-state index in [0.717, 1.165) is 15.7 Å². The summed E-state index contributed by atoms with van der Waals surface area (Å²) >= 11 is 9.90. The van der Waals surface area contributed by atoms with Crippen molar-refractivity contribution < 1.29 is 9.53 Å². The van der Waals surface area contributed by atoms with Crippen LogP contribution in [0.5, 0.6) is 5.75 Å². The number of nitrogens with one attached hydrogen (secondary N) is 1. The lowest BCUT2D eigenvalue weighted by Crippen LogP contribution is -2.30. The number of para-hydroxylation sites is 1. The molecule has 3 N–H and O–H groups in total. The smallest absolute Gasteiger partial charge is 0.322 e. The van der Waals surface area contributed by atoms with Crippen molar-refractivity contribution in [3.63, 3.8) is 0 Å². The molecule has 0 unspecified atom stereocenters. The van der Waals surface area contributed by atoms with Crippen molar-refractivity contribution in [2.75, 3.05) is 18.2 Å². The Kier molecular flexibility index (Phi) is 5.29. The van der Waals surface area contributed by atoms with Crippen molar-refractivity contribution in [3.05, 3.63) is 63.2 Å². The van der Waals surface area contributed by atoms with Gasteiger partial charge in [0.15, 0.2) is 0 Å². The summed E-state index contributed by atoms with van der Waals surface area (Å²) in [6, 6.07) is 12.6. The maximum Gasteiger partial charge on any atom is 0.322 e. The largest absolute Gasteiger partial charge is 0.496 e. The number of ether oxygens (including phenoxy) is 1. The number of methoxy groups -OCH3 is 1. The van der Waals surface area contributed by atoms with Gasteiger partial charge < -0.3 is 20.7 Å². The van der Waals surface area contributed by atoms with E-state index in [9.17, 15) is 4.79 Å². The Bertz CT molecular complexity index is 1090. The first kappa shape index (κ1) is 19.5. The molecule has 1 aromatic heterocycles. The first-order valence-corrected chi connectivity index (χ1v) is 9.93. The van der Waals surface area contributed by atoms with E-state index in [4.69, 9.17) is 22.1 Å². The molecule has 9 heteroatoms. The average molecular weight is 475 g/mol. The highest BCUT2D eigenvalue weighted by molar-refractivity contribution is 9.10. The molecule has 0 saturated carbocycles. The summed E-state index contributed by atoms with van der Waals surface area (Å²) in [4.78, 5) is 23.1. The van der Waals surface area contributed by atoms with Gasteiger partial charge in [-0.1, -0.05) is 29.8 Å². The lowest BCUT2D eigenvalue weighted by Gasteiger charge is -2.16. The number of benzene rings is 2. The summed E-state index contributed by atoms with van der Waals surface area (Å²) in [5.41, 5.74) is 9.44. The van der Waals surface area contributed by atoms with Gasteiger partial charge in [0.25, 0.3) is 0 Å². The molecule has 1 aliphatic heterocycles. The minimum Gasteiger partial charge on any atom is -0.496 e. The van der Waals surface area contributed by atoms with Gasteiger partial charge in [-0.05, 0) is 40.2 Å². The average Bonchev–Trinajstić information content (AvgIpc) is 3.12. The fraction of sp³-hybridized carbons (Fsp3) is 0.150. The van der Waals surface area contributed by atoms with E-state index in [1.807, 2.05) is 30.3 Å². The number of nitrogen functional groups attached to an aromatic ring is 1. The van der Waals surface area contributed by atoms with Crippen molar-refractivity contribution in [2.24, 2.45) is 0 Å². The van der Waals surface area contributed by atoms with Gasteiger partial charge in [-0.25, -0.2) is 14.8 Å². The van der Waals surface area contributed by atoms with Crippen LogP contribution in [-0.2, 0) is 13.1 Å². The van der Waals surface area contributed by atoms with Gasteiger partial charge in [0.05, 0.1) is 41.1 Å². The molecule has 7 nitrogen and oxygen atoms in total. The monoisotopic (exact) mass is 473 g/mol. The lowest BCUT2D eigenvalue weighted by atomic mass is 10.1. The molecule has 3 aromatic rings. The highest BCUT2D eigenvalue weighted by Gasteiger charge is 2.29.